The summed E-state index contributed by atoms with van der Waals surface area (Å²) in [6, 6.07) is 49.2. The van der Waals surface area contributed by atoms with Crippen molar-refractivity contribution >= 4 is 54.1 Å². The van der Waals surface area contributed by atoms with E-state index in [1.165, 1.54) is 87.6 Å². The molecule has 0 radical (unpaired) electrons. The Balaban J connectivity index is 1.17. The molecule has 10 aromatic rings. The Morgan fingerprint density at radius 2 is 1.32 bits per heavy atom. The van der Waals surface area contributed by atoms with Crippen LogP contribution in [-0.4, -0.2) is 14.5 Å². The third-order valence-electron chi connectivity index (χ3n) is 11.3. The van der Waals surface area contributed by atoms with Crippen molar-refractivity contribution in [3.8, 4) is 39.2 Å². The molecule has 0 atom stereocenters. The summed E-state index contributed by atoms with van der Waals surface area (Å²) in [6.45, 7) is 4.80. The minimum Gasteiger partial charge on any atom is -0.309 e. The summed E-state index contributed by atoms with van der Waals surface area (Å²) in [5.41, 5.74) is 13.3. The summed E-state index contributed by atoms with van der Waals surface area (Å²) in [7, 11) is 0. The highest BCUT2D eigenvalue weighted by Gasteiger charge is 2.38. The molecule has 3 heteroatoms. The van der Waals surface area contributed by atoms with E-state index in [0.717, 1.165) is 16.8 Å². The van der Waals surface area contributed by atoms with E-state index >= 15 is 0 Å². The molecule has 0 amide bonds. The zero-order chi connectivity index (χ0) is 33.1. The topological polar surface area (TPSA) is 30.7 Å². The summed E-state index contributed by atoms with van der Waals surface area (Å²) < 4.78 is 2.43. The van der Waals surface area contributed by atoms with E-state index in [-0.39, 0.29) is 5.41 Å². The molecule has 0 fully saturated rings. The zero-order valence-corrected chi connectivity index (χ0v) is 27.8. The molecule has 0 aliphatic heterocycles. The average Bonchev–Trinajstić information content (AvgIpc) is 3.61. The molecule has 11 rings (SSSR count). The minimum absolute atomic E-state index is 0.159. The molecule has 3 aromatic heterocycles. The Bertz CT molecular complexity index is 2970. The number of hydrogen-bond acceptors (Lipinski definition) is 2. The van der Waals surface area contributed by atoms with Crippen molar-refractivity contribution < 1.29 is 0 Å². The lowest BCUT2D eigenvalue weighted by Gasteiger charge is -2.23. The Kier molecular flexibility index (Phi) is 5.45. The van der Waals surface area contributed by atoms with Crippen LogP contribution in [0.2, 0.25) is 0 Å². The quantitative estimate of drug-likeness (QED) is 0.181. The molecule has 0 unspecified atom stereocenters. The molecule has 0 bridgehead atoms. The molecule has 50 heavy (non-hydrogen) atoms. The van der Waals surface area contributed by atoms with Crippen LogP contribution in [0.5, 0.6) is 0 Å². The van der Waals surface area contributed by atoms with Gasteiger partial charge in [-0.1, -0.05) is 92.7 Å². The highest BCUT2D eigenvalue weighted by molar-refractivity contribution is 6.29. The van der Waals surface area contributed by atoms with Gasteiger partial charge < -0.3 is 4.57 Å². The SMILES string of the molecule is CC1(C)c2cc3c(cc2-c2c1cc1ccc4c(-c5ccc(-c6cccnc6)nc5)ccc5ccc2c1c54)c1ccccc1n3-c1ccccc1. The van der Waals surface area contributed by atoms with Crippen molar-refractivity contribution in [2.75, 3.05) is 0 Å². The maximum atomic E-state index is 4.85. The lowest BCUT2D eigenvalue weighted by atomic mass is 9.80. The number of benzene rings is 7. The maximum absolute atomic E-state index is 4.85. The van der Waals surface area contributed by atoms with Crippen LogP contribution in [0, 0.1) is 0 Å². The van der Waals surface area contributed by atoms with E-state index in [0.29, 0.717) is 0 Å². The molecule has 3 heterocycles. The summed E-state index contributed by atoms with van der Waals surface area (Å²) in [6.07, 6.45) is 5.66. The Morgan fingerprint density at radius 1 is 0.520 bits per heavy atom. The fourth-order valence-electron chi connectivity index (χ4n) is 8.89. The lowest BCUT2D eigenvalue weighted by molar-refractivity contribution is 0.662. The van der Waals surface area contributed by atoms with Gasteiger partial charge >= 0.3 is 0 Å². The maximum Gasteiger partial charge on any atom is 0.0717 e. The first-order valence-corrected chi connectivity index (χ1v) is 17.3. The van der Waals surface area contributed by atoms with Crippen LogP contribution in [0.15, 0.2) is 152 Å². The summed E-state index contributed by atoms with van der Waals surface area (Å²) in [5.74, 6) is 0. The normalized spacial score (nSPS) is 13.6. The Morgan fingerprint density at radius 3 is 2.16 bits per heavy atom. The summed E-state index contributed by atoms with van der Waals surface area (Å²) in [4.78, 5) is 9.13. The fourth-order valence-corrected chi connectivity index (χ4v) is 8.89. The molecule has 0 saturated carbocycles. The monoisotopic (exact) mass is 637 g/mol. The highest BCUT2D eigenvalue weighted by Crippen LogP contribution is 2.55. The molecule has 0 saturated heterocycles. The predicted molar refractivity (Wildman–Crippen MR) is 209 cm³/mol. The van der Waals surface area contributed by atoms with E-state index < -0.39 is 0 Å². The predicted octanol–water partition coefficient (Wildman–Crippen LogP) is 12.1. The van der Waals surface area contributed by atoms with Gasteiger partial charge in [0.1, 0.15) is 0 Å². The van der Waals surface area contributed by atoms with Gasteiger partial charge in [-0.25, -0.2) is 0 Å². The van der Waals surface area contributed by atoms with Gasteiger partial charge in [0.2, 0.25) is 0 Å². The highest BCUT2D eigenvalue weighted by atomic mass is 15.0. The van der Waals surface area contributed by atoms with E-state index in [9.17, 15) is 0 Å². The standard InChI is InChI=1S/C47H31N3/c1-47(2)39-25-43-37(34-12-6-7-13-42(34)50(43)32-10-4-3-5-11-32)24-38(39)46-36-20-15-28-14-18-33(35-19-16-29(23-40(46)47)45(36)44(28)35)30-17-21-41(49-27-30)31-9-8-22-48-26-31/h3-27H,1-2H3. The second-order valence-electron chi connectivity index (χ2n) is 14.2. The Hall–Kier alpha value is -6.32. The van der Waals surface area contributed by atoms with Crippen LogP contribution in [0.3, 0.4) is 0 Å². The zero-order valence-electron chi connectivity index (χ0n) is 27.8. The number of para-hydroxylation sites is 2. The van der Waals surface area contributed by atoms with Crippen LogP contribution in [0.25, 0.3) is 93.3 Å². The fraction of sp³-hybridized carbons (Fsp3) is 0.0638. The van der Waals surface area contributed by atoms with E-state index in [4.69, 9.17) is 4.98 Å². The summed E-state index contributed by atoms with van der Waals surface area (Å²) >= 11 is 0. The third-order valence-corrected chi connectivity index (χ3v) is 11.3. The number of pyridine rings is 2. The van der Waals surface area contributed by atoms with E-state index in [2.05, 4.69) is 151 Å². The van der Waals surface area contributed by atoms with Crippen molar-refractivity contribution in [2.45, 2.75) is 19.3 Å². The molecule has 1 aliphatic rings. The summed E-state index contributed by atoms with van der Waals surface area (Å²) in [5, 5.41) is 10.4. The van der Waals surface area contributed by atoms with Gasteiger partial charge in [0.15, 0.2) is 0 Å². The van der Waals surface area contributed by atoms with Gasteiger partial charge in [0.05, 0.1) is 16.7 Å². The van der Waals surface area contributed by atoms with Gasteiger partial charge in [-0.05, 0) is 115 Å². The van der Waals surface area contributed by atoms with Gasteiger partial charge in [0.25, 0.3) is 0 Å². The first-order chi connectivity index (χ1) is 24.6. The smallest absolute Gasteiger partial charge is 0.0717 e. The van der Waals surface area contributed by atoms with Gasteiger partial charge in [-0.2, -0.15) is 0 Å². The number of fused-ring (bicyclic) bond motifs is 7. The second kappa shape index (κ2) is 9.87. The minimum atomic E-state index is -0.159. The van der Waals surface area contributed by atoms with E-state index in [1.807, 2.05) is 18.5 Å². The molecule has 3 nitrogen and oxygen atoms in total. The molecule has 0 N–H and O–H groups in total. The third kappa shape index (κ3) is 3.64. The van der Waals surface area contributed by atoms with Crippen LogP contribution in [0.1, 0.15) is 25.0 Å². The molecule has 0 spiro atoms. The number of rotatable bonds is 3. The average molecular weight is 638 g/mol. The van der Waals surface area contributed by atoms with Gasteiger partial charge in [0, 0.05) is 51.6 Å². The van der Waals surface area contributed by atoms with Crippen LogP contribution in [0.4, 0.5) is 0 Å². The largest absolute Gasteiger partial charge is 0.309 e. The molecule has 1 aliphatic carbocycles. The van der Waals surface area contributed by atoms with Crippen LogP contribution >= 0.6 is 0 Å². The molecule has 7 aromatic carbocycles. The van der Waals surface area contributed by atoms with Crippen molar-refractivity contribution in [1.29, 1.82) is 0 Å². The lowest BCUT2D eigenvalue weighted by Crippen LogP contribution is -2.15. The number of hydrogen-bond donors (Lipinski definition) is 0. The number of nitrogens with zero attached hydrogens (tertiary/aromatic N) is 3. The van der Waals surface area contributed by atoms with E-state index in [1.54, 1.807) is 6.20 Å². The molecule has 234 valence electrons. The molecular weight excluding hydrogens is 607 g/mol. The van der Waals surface area contributed by atoms with Crippen molar-refractivity contribution in [3.05, 3.63) is 163 Å². The van der Waals surface area contributed by atoms with Crippen molar-refractivity contribution in [3.63, 3.8) is 0 Å². The van der Waals surface area contributed by atoms with Gasteiger partial charge in [-0.15, -0.1) is 0 Å². The number of aromatic nitrogens is 3. The van der Waals surface area contributed by atoms with Crippen LogP contribution < -0.4 is 0 Å². The first-order valence-electron chi connectivity index (χ1n) is 17.3. The van der Waals surface area contributed by atoms with Gasteiger partial charge in [-0.3, -0.25) is 9.97 Å². The van der Waals surface area contributed by atoms with Crippen molar-refractivity contribution in [1.82, 2.24) is 14.5 Å². The second-order valence-corrected chi connectivity index (χ2v) is 14.2. The van der Waals surface area contributed by atoms with Crippen LogP contribution in [-0.2, 0) is 5.41 Å². The Labute approximate surface area is 289 Å². The van der Waals surface area contributed by atoms with Crippen molar-refractivity contribution in [2.24, 2.45) is 0 Å². The molecular formula is C47H31N3. The first kappa shape index (κ1) is 27.6.